The highest BCUT2D eigenvalue weighted by Gasteiger charge is 2.20. The highest BCUT2D eigenvalue weighted by Crippen LogP contribution is 2.39. The van der Waals surface area contributed by atoms with Crippen LogP contribution in [-0.2, 0) is 15.9 Å². The molecule has 18 heteroatoms. The molecule has 0 radical (unpaired) electrons. The van der Waals surface area contributed by atoms with E-state index in [1.54, 1.807) is 37.3 Å². The zero-order chi connectivity index (χ0) is 42.9. The fraction of sp³-hybridized carbons (Fsp3) is 0.310. The topological polar surface area (TPSA) is 253 Å². The quantitative estimate of drug-likeness (QED) is 0.0466. The van der Waals surface area contributed by atoms with Gasteiger partial charge in [-0.05, 0) is 115 Å². The Balaban J connectivity index is 0.967. The third-order valence-corrected chi connectivity index (χ3v) is 9.29. The standard InChI is InChI=1S/C42H51N9O9/c1-26-34(43-17-19-52)7-3-9-36(26)50-41(57)59-21-5-15-44-38(54)47-30-11-13-32-28(24-30)23-29-25-31(12-14-33(29)32)48-39(55)45-16-6-22-60-42(58)51-37-10-4-8-35(27(37)2)49-40(56)46-18-20-53/h3-4,7-14,24-25,43,52-53H,5-6,15-23H2,1-2H3,(H,50,57)(H,51,58)(H2,44,47,54)(H2,45,48,55)(H2,46,49,56). The summed E-state index contributed by atoms with van der Waals surface area (Å²) in [5, 5.41) is 42.7. The average molecular weight is 826 g/mol. The monoisotopic (exact) mass is 825 g/mol. The molecule has 0 heterocycles. The van der Waals surface area contributed by atoms with Gasteiger partial charge in [-0.3, -0.25) is 10.6 Å². The maximum Gasteiger partial charge on any atom is 0.411 e. The molecule has 0 saturated carbocycles. The minimum absolute atomic E-state index is 0.0108. The molecular formula is C42H51N9O9. The second-order valence-corrected chi connectivity index (χ2v) is 13.6. The van der Waals surface area contributed by atoms with Crippen molar-refractivity contribution in [2.45, 2.75) is 33.1 Å². The first-order valence-corrected chi connectivity index (χ1v) is 19.5. The number of urea groups is 3. The van der Waals surface area contributed by atoms with E-state index in [2.05, 4.69) is 47.9 Å². The summed E-state index contributed by atoms with van der Waals surface area (Å²) in [7, 11) is 0. The normalized spacial score (nSPS) is 10.9. The van der Waals surface area contributed by atoms with Crippen molar-refractivity contribution >= 4 is 64.4 Å². The predicted octanol–water partition coefficient (Wildman–Crippen LogP) is 5.91. The van der Waals surface area contributed by atoms with E-state index in [9.17, 15) is 24.0 Å². The zero-order valence-electron chi connectivity index (χ0n) is 33.5. The summed E-state index contributed by atoms with van der Waals surface area (Å²) in [6.07, 6.45) is 0.104. The summed E-state index contributed by atoms with van der Waals surface area (Å²) in [6.45, 7) is 4.59. The number of anilines is 6. The number of nitrogens with one attached hydrogen (secondary N) is 9. The summed E-state index contributed by atoms with van der Waals surface area (Å²) in [6, 6.07) is 20.5. The number of carbonyl (C=O) groups excluding carboxylic acids is 5. The van der Waals surface area contributed by atoms with Gasteiger partial charge >= 0.3 is 30.3 Å². The molecule has 18 nitrogen and oxygen atoms in total. The van der Waals surface area contributed by atoms with E-state index in [0.717, 1.165) is 33.5 Å². The Hall–Kier alpha value is -7.05. The first-order chi connectivity index (χ1) is 29.0. The van der Waals surface area contributed by atoms with Crippen molar-refractivity contribution in [1.82, 2.24) is 16.0 Å². The van der Waals surface area contributed by atoms with Crippen molar-refractivity contribution in [3.63, 3.8) is 0 Å². The Morgan fingerprint density at radius 2 is 0.967 bits per heavy atom. The van der Waals surface area contributed by atoms with Gasteiger partial charge < -0.3 is 56.9 Å². The lowest BCUT2D eigenvalue weighted by Crippen LogP contribution is -2.31. The second kappa shape index (κ2) is 22.2. The fourth-order valence-corrected chi connectivity index (χ4v) is 6.28. The van der Waals surface area contributed by atoms with Crippen LogP contribution in [0.5, 0.6) is 0 Å². The summed E-state index contributed by atoms with van der Waals surface area (Å²) >= 11 is 0. The Bertz CT molecular complexity index is 2170. The number of aliphatic hydroxyl groups excluding tert-OH is 2. The summed E-state index contributed by atoms with van der Waals surface area (Å²) in [4.78, 5) is 61.8. The van der Waals surface area contributed by atoms with Crippen LogP contribution in [0.4, 0.5) is 58.1 Å². The molecule has 0 bridgehead atoms. The van der Waals surface area contributed by atoms with Gasteiger partial charge in [0, 0.05) is 60.3 Å². The number of hydrogen-bond acceptors (Lipinski definition) is 10. The summed E-state index contributed by atoms with van der Waals surface area (Å²) in [5.41, 5.74) is 9.13. The van der Waals surface area contributed by atoms with Crippen molar-refractivity contribution < 1.29 is 43.7 Å². The number of amides is 8. The molecule has 0 fully saturated rings. The van der Waals surface area contributed by atoms with E-state index in [4.69, 9.17) is 19.7 Å². The number of ether oxygens (including phenoxy) is 2. The highest BCUT2D eigenvalue weighted by atomic mass is 16.6. The molecular weight excluding hydrogens is 775 g/mol. The Kier molecular flexibility index (Phi) is 16.3. The zero-order valence-corrected chi connectivity index (χ0v) is 33.5. The van der Waals surface area contributed by atoms with Crippen LogP contribution < -0.4 is 47.9 Å². The molecule has 0 unspecified atom stereocenters. The molecule has 8 amide bonds. The van der Waals surface area contributed by atoms with Crippen LogP contribution in [0.25, 0.3) is 11.1 Å². The van der Waals surface area contributed by atoms with Crippen molar-refractivity contribution in [2.75, 3.05) is 84.5 Å². The van der Waals surface area contributed by atoms with Gasteiger partial charge in [-0.25, -0.2) is 24.0 Å². The van der Waals surface area contributed by atoms with E-state index < -0.39 is 24.2 Å². The lowest BCUT2D eigenvalue weighted by molar-refractivity contribution is 0.159. The maximum absolute atomic E-state index is 12.6. The molecule has 60 heavy (non-hydrogen) atoms. The molecule has 0 saturated heterocycles. The van der Waals surface area contributed by atoms with Gasteiger partial charge in [-0.1, -0.05) is 24.3 Å². The predicted molar refractivity (Wildman–Crippen MR) is 230 cm³/mol. The molecule has 1 aliphatic rings. The molecule has 0 aromatic heterocycles. The number of carbonyl (C=O) groups is 5. The Morgan fingerprint density at radius 1 is 0.533 bits per heavy atom. The molecule has 318 valence electrons. The van der Waals surface area contributed by atoms with Gasteiger partial charge in [0.05, 0.1) is 26.4 Å². The maximum atomic E-state index is 12.6. The van der Waals surface area contributed by atoms with E-state index in [0.29, 0.717) is 59.8 Å². The van der Waals surface area contributed by atoms with Crippen LogP contribution in [0.3, 0.4) is 0 Å². The molecule has 0 aliphatic heterocycles. The van der Waals surface area contributed by atoms with Gasteiger partial charge in [0.2, 0.25) is 0 Å². The molecule has 4 aromatic rings. The SMILES string of the molecule is Cc1c(NCCO)cccc1NC(=O)OCCCNC(=O)Nc1ccc2c(c1)Cc1cc(NC(=O)NCCCOC(=O)Nc3cccc(NC(=O)NCCO)c3C)ccc1-2. The van der Waals surface area contributed by atoms with Crippen LogP contribution >= 0.6 is 0 Å². The minimum atomic E-state index is -0.681. The number of benzene rings is 4. The van der Waals surface area contributed by atoms with Crippen LogP contribution in [0, 0.1) is 13.8 Å². The lowest BCUT2D eigenvalue weighted by atomic mass is 10.1. The average Bonchev–Trinajstić information content (AvgIpc) is 3.58. The summed E-state index contributed by atoms with van der Waals surface area (Å²) < 4.78 is 10.5. The van der Waals surface area contributed by atoms with Crippen LogP contribution in [-0.4, -0.2) is 93.1 Å². The first kappa shape index (κ1) is 44.1. The number of fused-ring (bicyclic) bond motifs is 3. The lowest BCUT2D eigenvalue weighted by Gasteiger charge is -2.14. The molecule has 0 spiro atoms. The van der Waals surface area contributed by atoms with E-state index in [1.165, 1.54) is 0 Å². The van der Waals surface area contributed by atoms with E-state index >= 15 is 0 Å². The number of hydrogen-bond donors (Lipinski definition) is 11. The van der Waals surface area contributed by atoms with E-state index in [1.807, 2.05) is 49.4 Å². The third kappa shape index (κ3) is 13.0. The smallest absolute Gasteiger partial charge is 0.411 e. The second-order valence-electron chi connectivity index (χ2n) is 13.6. The third-order valence-electron chi connectivity index (χ3n) is 9.29. The molecule has 0 atom stereocenters. The van der Waals surface area contributed by atoms with Crippen LogP contribution in [0.1, 0.15) is 35.1 Å². The molecule has 4 aromatic carbocycles. The van der Waals surface area contributed by atoms with Crippen molar-refractivity contribution in [3.05, 3.63) is 95.1 Å². The Labute approximate surface area is 347 Å². The van der Waals surface area contributed by atoms with Gasteiger partial charge in [-0.15, -0.1) is 0 Å². The first-order valence-electron chi connectivity index (χ1n) is 19.5. The van der Waals surface area contributed by atoms with E-state index in [-0.39, 0.29) is 52.1 Å². The van der Waals surface area contributed by atoms with Gasteiger partial charge in [0.15, 0.2) is 0 Å². The van der Waals surface area contributed by atoms with Crippen molar-refractivity contribution in [2.24, 2.45) is 0 Å². The molecule has 1 aliphatic carbocycles. The van der Waals surface area contributed by atoms with Gasteiger partial charge in [0.25, 0.3) is 0 Å². The van der Waals surface area contributed by atoms with Gasteiger partial charge in [-0.2, -0.15) is 0 Å². The highest BCUT2D eigenvalue weighted by molar-refractivity contribution is 5.94. The molecule has 5 rings (SSSR count). The summed E-state index contributed by atoms with van der Waals surface area (Å²) in [5.74, 6) is 0. The van der Waals surface area contributed by atoms with Crippen LogP contribution in [0.15, 0.2) is 72.8 Å². The van der Waals surface area contributed by atoms with Crippen LogP contribution in [0.2, 0.25) is 0 Å². The van der Waals surface area contributed by atoms with Crippen molar-refractivity contribution in [3.8, 4) is 11.1 Å². The Morgan fingerprint density at radius 3 is 1.47 bits per heavy atom. The number of aliphatic hydroxyl groups is 2. The largest absolute Gasteiger partial charge is 0.449 e. The van der Waals surface area contributed by atoms with Crippen molar-refractivity contribution in [1.29, 1.82) is 0 Å². The number of rotatable bonds is 18. The van der Waals surface area contributed by atoms with Gasteiger partial charge in [0.1, 0.15) is 0 Å². The minimum Gasteiger partial charge on any atom is -0.449 e. The fourth-order valence-electron chi connectivity index (χ4n) is 6.28. The molecule has 11 N–H and O–H groups in total.